The fraction of sp³-hybridized carbons (Fsp3) is 0.500. The second-order valence-electron chi connectivity index (χ2n) is 7.97. The van der Waals surface area contributed by atoms with E-state index in [9.17, 15) is 21.4 Å². The van der Waals surface area contributed by atoms with E-state index in [0.29, 0.717) is 6.42 Å². The topological polar surface area (TPSA) is 97.7 Å². The largest absolute Gasteiger partial charge is 0.455 e. The summed E-state index contributed by atoms with van der Waals surface area (Å²) in [6.45, 7) is 2.21. The van der Waals surface area contributed by atoms with E-state index in [-0.39, 0.29) is 51.7 Å². The predicted octanol–water partition coefficient (Wildman–Crippen LogP) is 6.04. The maximum atomic E-state index is 12.9. The van der Waals surface area contributed by atoms with Crippen molar-refractivity contribution in [3.05, 3.63) is 48.5 Å². The average molecular weight is 506 g/mol. The van der Waals surface area contributed by atoms with Gasteiger partial charge in [-0.25, -0.2) is 8.42 Å². The summed E-state index contributed by atoms with van der Waals surface area (Å²) in [6.07, 6.45) is 11.1. The first-order valence-corrected chi connectivity index (χ1v) is 14.4. The molecule has 0 aliphatic heterocycles. The van der Waals surface area contributed by atoms with Crippen molar-refractivity contribution in [3.8, 4) is 11.5 Å². The molecule has 1 N–H and O–H groups in total. The van der Waals surface area contributed by atoms with E-state index >= 15 is 0 Å². The van der Waals surface area contributed by atoms with Gasteiger partial charge in [-0.1, -0.05) is 89.0 Å². The van der Waals surface area contributed by atoms with E-state index in [1.807, 2.05) is 0 Å². The molecule has 0 amide bonds. The molecule has 2 aromatic carbocycles. The standard InChI is InChI=1S/C24H34O6S2.Na/c1-2-3-4-5-6-7-8-9-10-15-20-31(25,26)23-18-13-11-16-21(23)30-22-17-12-14-19-24(22)32(27,28)29;/h11-14,16-19H,2-10,15,20H2,1H3,(H,27,28,29);. The van der Waals surface area contributed by atoms with Crippen LogP contribution < -0.4 is 4.74 Å². The van der Waals surface area contributed by atoms with Crippen LogP contribution in [0, 0.1) is 0 Å². The van der Waals surface area contributed by atoms with Crippen molar-refractivity contribution >= 4 is 49.5 Å². The molecule has 0 saturated heterocycles. The van der Waals surface area contributed by atoms with Crippen LogP contribution in [0.3, 0.4) is 0 Å². The number of benzene rings is 2. The summed E-state index contributed by atoms with van der Waals surface area (Å²) < 4.78 is 64.1. The minimum absolute atomic E-state index is 0. The molecule has 0 aliphatic rings. The summed E-state index contributed by atoms with van der Waals surface area (Å²) in [7, 11) is -8.11. The number of para-hydroxylation sites is 2. The van der Waals surface area contributed by atoms with E-state index in [4.69, 9.17) is 4.74 Å². The number of ether oxygens (including phenoxy) is 1. The first kappa shape index (κ1) is 30.1. The third-order valence-electron chi connectivity index (χ3n) is 5.30. The van der Waals surface area contributed by atoms with Gasteiger partial charge < -0.3 is 4.74 Å². The number of unbranched alkanes of at least 4 members (excludes halogenated alkanes) is 9. The van der Waals surface area contributed by atoms with Crippen molar-refractivity contribution < 1.29 is 26.1 Å². The van der Waals surface area contributed by atoms with Gasteiger partial charge in [0.05, 0.1) is 5.75 Å². The molecule has 0 fully saturated rings. The minimum atomic E-state index is -4.51. The van der Waals surface area contributed by atoms with Crippen molar-refractivity contribution in [3.63, 3.8) is 0 Å². The normalized spacial score (nSPS) is 11.7. The molecule has 33 heavy (non-hydrogen) atoms. The monoisotopic (exact) mass is 505 g/mol. The predicted molar refractivity (Wildman–Crippen MR) is 132 cm³/mol. The van der Waals surface area contributed by atoms with Crippen LogP contribution in [-0.4, -0.2) is 56.7 Å². The summed E-state index contributed by atoms with van der Waals surface area (Å²) in [5.74, 6) is -0.0867. The van der Waals surface area contributed by atoms with Crippen LogP contribution in [0.2, 0.25) is 0 Å². The molecule has 0 aromatic heterocycles. The molecule has 2 aromatic rings. The number of hydrogen-bond donors (Lipinski definition) is 1. The fourth-order valence-electron chi connectivity index (χ4n) is 3.55. The SMILES string of the molecule is CCCCCCCCCCCCS(=O)(=O)c1ccccc1Oc1ccccc1S(=O)(=O)O.[Na]. The van der Waals surface area contributed by atoms with Gasteiger partial charge in [0.1, 0.15) is 21.3 Å². The molecule has 0 aliphatic carbocycles. The second-order valence-corrected chi connectivity index (χ2v) is 11.4. The molecule has 0 atom stereocenters. The Bertz CT molecular complexity index is 1050. The summed E-state index contributed by atoms with van der Waals surface area (Å²) in [5, 5.41) is 0. The van der Waals surface area contributed by atoms with Crippen molar-refractivity contribution in [2.45, 2.75) is 80.9 Å². The van der Waals surface area contributed by atoms with Crippen molar-refractivity contribution in [2.75, 3.05) is 5.75 Å². The van der Waals surface area contributed by atoms with Crippen LogP contribution in [0.25, 0.3) is 0 Å². The van der Waals surface area contributed by atoms with Gasteiger partial charge in [0.2, 0.25) is 0 Å². The van der Waals surface area contributed by atoms with Crippen molar-refractivity contribution in [2.24, 2.45) is 0 Å². The Morgan fingerprint density at radius 3 is 1.61 bits per heavy atom. The van der Waals surface area contributed by atoms with Crippen LogP contribution in [0.15, 0.2) is 58.3 Å². The van der Waals surface area contributed by atoms with Gasteiger partial charge in [0, 0.05) is 29.6 Å². The maximum Gasteiger partial charge on any atom is 0.298 e. The number of rotatable bonds is 15. The molecule has 0 heterocycles. The smallest absolute Gasteiger partial charge is 0.298 e. The summed E-state index contributed by atoms with van der Waals surface area (Å²) in [5.41, 5.74) is 0. The molecule has 0 saturated carbocycles. The summed E-state index contributed by atoms with van der Waals surface area (Å²) in [6, 6.07) is 11.7. The van der Waals surface area contributed by atoms with E-state index < -0.39 is 24.9 Å². The number of hydrogen-bond acceptors (Lipinski definition) is 5. The Hall–Kier alpha value is -0.900. The molecule has 9 heteroatoms. The first-order valence-electron chi connectivity index (χ1n) is 11.3. The Balaban J connectivity index is 0.00000544. The third kappa shape index (κ3) is 10.5. The van der Waals surface area contributed by atoms with Crippen LogP contribution in [0.1, 0.15) is 71.1 Å². The zero-order valence-electron chi connectivity index (χ0n) is 19.7. The average Bonchev–Trinajstić information content (AvgIpc) is 2.75. The fourth-order valence-corrected chi connectivity index (χ4v) is 5.67. The first-order chi connectivity index (χ1) is 15.3. The number of sulfone groups is 1. The van der Waals surface area contributed by atoms with Gasteiger partial charge in [-0.2, -0.15) is 8.42 Å². The Morgan fingerprint density at radius 2 is 1.09 bits per heavy atom. The van der Waals surface area contributed by atoms with Gasteiger partial charge in [-0.3, -0.25) is 4.55 Å². The Kier molecular flexibility index (Phi) is 13.8. The molecular weight excluding hydrogens is 471 g/mol. The van der Waals surface area contributed by atoms with Crippen LogP contribution >= 0.6 is 0 Å². The van der Waals surface area contributed by atoms with Gasteiger partial charge in [0.15, 0.2) is 9.84 Å². The maximum absolute atomic E-state index is 12.9. The van der Waals surface area contributed by atoms with Gasteiger partial charge in [-0.15, -0.1) is 0 Å². The molecule has 2 rings (SSSR count). The van der Waals surface area contributed by atoms with E-state index in [0.717, 1.165) is 19.3 Å². The molecule has 0 spiro atoms. The van der Waals surface area contributed by atoms with E-state index in [2.05, 4.69) is 6.92 Å². The van der Waals surface area contributed by atoms with Crippen LogP contribution in [0.4, 0.5) is 0 Å². The Labute approximate surface area is 221 Å². The summed E-state index contributed by atoms with van der Waals surface area (Å²) in [4.78, 5) is -0.400. The molecular formula is C24H34NaO6S2. The molecule has 0 bridgehead atoms. The van der Waals surface area contributed by atoms with E-state index in [1.165, 1.54) is 68.9 Å². The molecule has 1 radical (unpaired) electrons. The van der Waals surface area contributed by atoms with Gasteiger partial charge >= 0.3 is 0 Å². The zero-order valence-corrected chi connectivity index (χ0v) is 23.3. The quantitative estimate of drug-likeness (QED) is 0.180. The third-order valence-corrected chi connectivity index (χ3v) is 8.02. The minimum Gasteiger partial charge on any atom is -0.455 e. The van der Waals surface area contributed by atoms with Crippen molar-refractivity contribution in [1.82, 2.24) is 0 Å². The van der Waals surface area contributed by atoms with Crippen LogP contribution in [-0.2, 0) is 20.0 Å². The van der Waals surface area contributed by atoms with Gasteiger partial charge in [-0.05, 0) is 30.7 Å². The zero-order chi connectivity index (χ0) is 23.5. The molecule has 0 unspecified atom stereocenters. The second kappa shape index (κ2) is 15.2. The van der Waals surface area contributed by atoms with Crippen molar-refractivity contribution in [1.29, 1.82) is 0 Å². The van der Waals surface area contributed by atoms with E-state index in [1.54, 1.807) is 18.2 Å². The molecule has 179 valence electrons. The van der Waals surface area contributed by atoms with Gasteiger partial charge in [0.25, 0.3) is 10.1 Å². The van der Waals surface area contributed by atoms with Crippen LogP contribution in [0.5, 0.6) is 11.5 Å². The molecule has 6 nitrogen and oxygen atoms in total. The Morgan fingerprint density at radius 1 is 0.667 bits per heavy atom. The summed E-state index contributed by atoms with van der Waals surface area (Å²) >= 11 is 0.